The van der Waals surface area contributed by atoms with E-state index in [9.17, 15) is 0 Å². The average molecular weight is 1020 g/mol. The standard InChI is InChI=1S/C70H52F3N5/c1-41-33-43(3)65(44(4)34-41)49-26-31-61-57(37-49)53-21-13-15-23-59(53)77(61)63-39-51(69-75-67(47-17-9-7-10-18-47)74-68(76-69)48-19-11-8-12-20-48)25-29-55(63)56-30-28-52(70(71,72)73)40-64(56)78-60-24-16-14-22-54(60)58-38-50(27-32-62(58)78)66-45(5)35-42(2)36-46(66)6/h7-40H,1-6H3. The maximum absolute atomic E-state index is 15.3. The highest BCUT2D eigenvalue weighted by molar-refractivity contribution is 6.13. The zero-order chi connectivity index (χ0) is 53.6. The highest BCUT2D eigenvalue weighted by atomic mass is 19.4. The van der Waals surface area contributed by atoms with Gasteiger partial charge in [0.05, 0.1) is 39.0 Å². The number of aromatic nitrogens is 5. The van der Waals surface area contributed by atoms with E-state index in [1.54, 1.807) is 6.07 Å². The van der Waals surface area contributed by atoms with E-state index < -0.39 is 11.7 Å². The summed E-state index contributed by atoms with van der Waals surface area (Å²) in [6, 6.07) is 68.2. The van der Waals surface area contributed by atoms with Gasteiger partial charge in [-0.1, -0.05) is 163 Å². The van der Waals surface area contributed by atoms with Crippen LogP contribution in [0.1, 0.15) is 38.9 Å². The Morgan fingerprint density at radius 3 is 1.14 bits per heavy atom. The summed E-state index contributed by atoms with van der Waals surface area (Å²) in [6.45, 7) is 12.8. The number of aryl methyl sites for hydroxylation is 6. The molecular formula is C70H52F3N5. The van der Waals surface area contributed by atoms with Crippen LogP contribution in [-0.2, 0) is 6.18 Å². The lowest BCUT2D eigenvalue weighted by Crippen LogP contribution is -2.08. The molecule has 8 heteroatoms. The van der Waals surface area contributed by atoms with Gasteiger partial charge >= 0.3 is 6.18 Å². The first-order valence-corrected chi connectivity index (χ1v) is 26.2. The summed E-state index contributed by atoms with van der Waals surface area (Å²) in [5.41, 5.74) is 19.2. The number of alkyl halides is 3. The predicted octanol–water partition coefficient (Wildman–Crippen LogP) is 18.9. The molecule has 378 valence electrons. The number of para-hydroxylation sites is 2. The van der Waals surface area contributed by atoms with Gasteiger partial charge in [0.1, 0.15) is 0 Å². The molecule has 0 amide bonds. The van der Waals surface area contributed by atoms with Crippen molar-refractivity contribution in [2.75, 3.05) is 0 Å². The summed E-state index contributed by atoms with van der Waals surface area (Å²) >= 11 is 0. The Morgan fingerprint density at radius 1 is 0.321 bits per heavy atom. The second-order valence-electron chi connectivity index (χ2n) is 20.7. The first-order valence-electron chi connectivity index (χ1n) is 26.2. The molecule has 0 aliphatic heterocycles. The molecule has 0 bridgehead atoms. The number of fused-ring (bicyclic) bond motifs is 6. The summed E-state index contributed by atoms with van der Waals surface area (Å²) in [5, 5.41) is 3.96. The fourth-order valence-corrected chi connectivity index (χ4v) is 12.2. The number of hydrogen-bond acceptors (Lipinski definition) is 3. The van der Waals surface area contributed by atoms with Crippen LogP contribution >= 0.6 is 0 Å². The van der Waals surface area contributed by atoms with E-state index in [2.05, 4.69) is 137 Å². The van der Waals surface area contributed by atoms with Gasteiger partial charge in [0, 0.05) is 49.4 Å². The summed E-state index contributed by atoms with van der Waals surface area (Å²) in [4.78, 5) is 15.3. The van der Waals surface area contributed by atoms with Crippen molar-refractivity contribution in [2.45, 2.75) is 47.7 Å². The first kappa shape index (κ1) is 48.3. The molecule has 3 aromatic heterocycles. The number of hydrogen-bond donors (Lipinski definition) is 0. The Kier molecular flexibility index (Phi) is 11.6. The normalized spacial score (nSPS) is 11.9. The second-order valence-corrected chi connectivity index (χ2v) is 20.7. The highest BCUT2D eigenvalue weighted by Gasteiger charge is 2.33. The van der Waals surface area contributed by atoms with Gasteiger partial charge in [-0.2, -0.15) is 13.2 Å². The first-order chi connectivity index (χ1) is 37.8. The van der Waals surface area contributed by atoms with Crippen molar-refractivity contribution in [1.29, 1.82) is 0 Å². The monoisotopic (exact) mass is 1020 g/mol. The van der Waals surface area contributed by atoms with Gasteiger partial charge in [0.25, 0.3) is 0 Å². The molecule has 13 rings (SSSR count). The fraction of sp³-hybridized carbons (Fsp3) is 0.100. The second kappa shape index (κ2) is 18.7. The molecule has 0 radical (unpaired) electrons. The van der Waals surface area contributed by atoms with E-state index in [4.69, 9.17) is 15.0 Å². The third kappa shape index (κ3) is 8.23. The Bertz CT molecular complexity index is 4440. The molecule has 0 atom stereocenters. The smallest absolute Gasteiger partial charge is 0.309 e. The summed E-state index contributed by atoms with van der Waals surface area (Å²) in [5.74, 6) is 1.49. The van der Waals surface area contributed by atoms with Crippen LogP contribution in [-0.4, -0.2) is 24.1 Å². The average Bonchev–Trinajstić information content (AvgIpc) is 4.19. The van der Waals surface area contributed by atoms with Gasteiger partial charge in [0.15, 0.2) is 17.5 Å². The molecule has 3 heterocycles. The fourth-order valence-electron chi connectivity index (χ4n) is 12.2. The van der Waals surface area contributed by atoms with Crippen LogP contribution in [0.2, 0.25) is 0 Å². The molecule has 0 aliphatic carbocycles. The van der Waals surface area contributed by atoms with Gasteiger partial charge in [-0.3, -0.25) is 0 Å². The number of halogens is 3. The van der Waals surface area contributed by atoms with Crippen LogP contribution in [0.15, 0.2) is 206 Å². The lowest BCUT2D eigenvalue weighted by molar-refractivity contribution is -0.137. The molecule has 0 spiro atoms. The summed E-state index contributed by atoms with van der Waals surface area (Å²) in [6.07, 6.45) is -4.63. The Morgan fingerprint density at radius 2 is 0.692 bits per heavy atom. The molecule has 0 aliphatic rings. The SMILES string of the molecule is Cc1cc(C)c(-c2ccc3c(c2)c2ccccc2n3-c2cc(-c3nc(-c4ccccc4)nc(-c4ccccc4)n3)ccc2-c2ccc(C(F)(F)F)cc2-n2c3ccccc3c3cc(-c4c(C)cc(C)cc4C)ccc32)c(C)c1. The lowest BCUT2D eigenvalue weighted by atomic mass is 9.93. The van der Waals surface area contributed by atoms with E-state index in [-0.39, 0.29) is 0 Å². The quantitative estimate of drug-likeness (QED) is 0.152. The van der Waals surface area contributed by atoms with E-state index in [1.807, 2.05) is 102 Å². The molecule has 13 aromatic rings. The van der Waals surface area contributed by atoms with Crippen molar-refractivity contribution < 1.29 is 13.2 Å². The zero-order valence-electron chi connectivity index (χ0n) is 44.0. The maximum Gasteiger partial charge on any atom is 0.416 e. The largest absolute Gasteiger partial charge is 0.416 e. The van der Waals surface area contributed by atoms with Crippen molar-refractivity contribution in [3.05, 3.63) is 245 Å². The predicted molar refractivity (Wildman–Crippen MR) is 315 cm³/mol. The lowest BCUT2D eigenvalue weighted by Gasteiger charge is -2.21. The number of rotatable bonds is 8. The van der Waals surface area contributed by atoms with E-state index in [1.165, 1.54) is 39.9 Å². The van der Waals surface area contributed by atoms with Crippen molar-refractivity contribution >= 4 is 43.6 Å². The Balaban J connectivity index is 1.11. The van der Waals surface area contributed by atoms with Gasteiger partial charge in [-0.15, -0.1) is 0 Å². The molecule has 78 heavy (non-hydrogen) atoms. The molecule has 0 N–H and O–H groups in total. The van der Waals surface area contributed by atoms with Crippen LogP contribution < -0.4 is 0 Å². The molecule has 0 unspecified atom stereocenters. The summed E-state index contributed by atoms with van der Waals surface area (Å²) in [7, 11) is 0. The third-order valence-corrected chi connectivity index (χ3v) is 15.3. The minimum Gasteiger partial charge on any atom is -0.309 e. The van der Waals surface area contributed by atoms with Gasteiger partial charge < -0.3 is 9.13 Å². The van der Waals surface area contributed by atoms with Crippen LogP contribution in [0.3, 0.4) is 0 Å². The van der Waals surface area contributed by atoms with Crippen molar-refractivity contribution in [3.8, 4) is 78.9 Å². The summed E-state index contributed by atoms with van der Waals surface area (Å²) < 4.78 is 50.2. The maximum atomic E-state index is 15.3. The highest BCUT2D eigenvalue weighted by Crippen LogP contribution is 2.46. The van der Waals surface area contributed by atoms with Gasteiger partial charge in [0.2, 0.25) is 0 Å². The molecule has 0 fully saturated rings. The minimum absolute atomic E-state index is 0.395. The number of nitrogens with zero attached hydrogens (tertiary/aromatic N) is 5. The molecule has 10 aromatic carbocycles. The Hall–Kier alpha value is -9.40. The topological polar surface area (TPSA) is 48.5 Å². The third-order valence-electron chi connectivity index (χ3n) is 15.3. The molecule has 0 saturated heterocycles. The molecular weight excluding hydrogens is 968 g/mol. The van der Waals surface area contributed by atoms with E-state index in [0.29, 0.717) is 39.9 Å². The van der Waals surface area contributed by atoms with Crippen LogP contribution in [0, 0.1) is 41.5 Å². The minimum atomic E-state index is -4.63. The Labute approximate surface area is 450 Å². The number of benzene rings is 10. The van der Waals surface area contributed by atoms with Crippen LogP contribution in [0.5, 0.6) is 0 Å². The molecule has 5 nitrogen and oxygen atoms in total. The van der Waals surface area contributed by atoms with Gasteiger partial charge in [-0.05, 0) is 141 Å². The van der Waals surface area contributed by atoms with Crippen molar-refractivity contribution in [2.24, 2.45) is 0 Å². The molecule has 0 saturated carbocycles. The van der Waals surface area contributed by atoms with Gasteiger partial charge in [-0.25, -0.2) is 15.0 Å². The van der Waals surface area contributed by atoms with Crippen molar-refractivity contribution in [1.82, 2.24) is 24.1 Å². The van der Waals surface area contributed by atoms with E-state index in [0.717, 1.165) is 88.2 Å². The van der Waals surface area contributed by atoms with Crippen LogP contribution in [0.4, 0.5) is 13.2 Å². The van der Waals surface area contributed by atoms with E-state index >= 15 is 13.2 Å². The zero-order valence-corrected chi connectivity index (χ0v) is 44.0. The van der Waals surface area contributed by atoms with Crippen molar-refractivity contribution in [3.63, 3.8) is 0 Å². The van der Waals surface area contributed by atoms with Crippen LogP contribution in [0.25, 0.3) is 123 Å².